The first-order valence-electron chi connectivity index (χ1n) is 6.20. The summed E-state index contributed by atoms with van der Waals surface area (Å²) in [5.74, 6) is -0.672. The molecule has 0 atom stereocenters. The fourth-order valence-corrected chi connectivity index (χ4v) is 2.57. The number of thiophene rings is 1. The fourth-order valence-electron chi connectivity index (χ4n) is 1.86. The van der Waals surface area contributed by atoms with Gasteiger partial charge in [0.2, 0.25) is 0 Å². The molecule has 1 heterocycles. The summed E-state index contributed by atoms with van der Waals surface area (Å²) in [6, 6.07) is 8.94. The second-order valence-corrected chi connectivity index (χ2v) is 5.30. The van der Waals surface area contributed by atoms with Crippen molar-refractivity contribution in [1.82, 2.24) is 5.32 Å². The Hall–Kier alpha value is -1.92. The summed E-state index contributed by atoms with van der Waals surface area (Å²) in [7, 11) is 0. The number of rotatable bonds is 6. The van der Waals surface area contributed by atoms with Crippen molar-refractivity contribution in [2.45, 2.75) is 13.0 Å². The van der Waals surface area contributed by atoms with E-state index in [2.05, 4.69) is 16.5 Å². The summed E-state index contributed by atoms with van der Waals surface area (Å²) >= 11 is 1.71. The second-order valence-electron chi connectivity index (χ2n) is 4.27. The molecule has 0 aliphatic heterocycles. The van der Waals surface area contributed by atoms with Gasteiger partial charge >= 0.3 is 0 Å². The molecule has 4 N–H and O–H groups in total. The summed E-state index contributed by atoms with van der Waals surface area (Å²) in [5.41, 5.74) is 6.04. The van der Waals surface area contributed by atoms with Crippen molar-refractivity contribution >= 4 is 17.2 Å². The van der Waals surface area contributed by atoms with Crippen LogP contribution in [0.2, 0.25) is 0 Å². The summed E-state index contributed by atoms with van der Waals surface area (Å²) in [4.78, 5) is 1.29. The van der Waals surface area contributed by atoms with Crippen LogP contribution in [-0.4, -0.2) is 17.6 Å². The van der Waals surface area contributed by atoms with Crippen LogP contribution >= 0.6 is 11.3 Å². The van der Waals surface area contributed by atoms with Gasteiger partial charge < -0.3 is 16.3 Å². The van der Waals surface area contributed by atoms with E-state index < -0.39 is 5.82 Å². The van der Waals surface area contributed by atoms with E-state index in [1.165, 1.54) is 10.9 Å². The highest BCUT2D eigenvalue weighted by molar-refractivity contribution is 7.09. The summed E-state index contributed by atoms with van der Waals surface area (Å²) in [6.45, 7) is 1.18. The van der Waals surface area contributed by atoms with Crippen LogP contribution in [0.25, 0.3) is 0 Å². The molecule has 4 nitrogen and oxygen atoms in total. The van der Waals surface area contributed by atoms with Gasteiger partial charge in [-0.05, 0) is 23.9 Å². The number of oxime groups is 1. The predicted molar refractivity (Wildman–Crippen MR) is 78.6 cm³/mol. The molecule has 0 bridgehead atoms. The largest absolute Gasteiger partial charge is 0.409 e. The minimum Gasteiger partial charge on any atom is -0.409 e. The number of hydrogen-bond acceptors (Lipinski definition) is 4. The van der Waals surface area contributed by atoms with Gasteiger partial charge in [-0.1, -0.05) is 23.4 Å². The minimum absolute atomic E-state index is 0.116. The Kier molecular flexibility index (Phi) is 5.09. The molecule has 0 unspecified atom stereocenters. The van der Waals surface area contributed by atoms with Crippen molar-refractivity contribution in [3.05, 3.63) is 57.5 Å². The third-order valence-electron chi connectivity index (χ3n) is 2.91. The Balaban J connectivity index is 1.93. The highest BCUT2D eigenvalue weighted by Crippen LogP contribution is 2.13. The van der Waals surface area contributed by atoms with E-state index in [4.69, 9.17) is 10.9 Å². The molecule has 0 saturated carbocycles. The molecule has 0 saturated heterocycles. The van der Waals surface area contributed by atoms with E-state index >= 15 is 0 Å². The Morgan fingerprint density at radius 2 is 2.20 bits per heavy atom. The fraction of sp³-hybridized carbons (Fsp3) is 0.214. The third kappa shape index (κ3) is 3.55. The lowest BCUT2D eigenvalue weighted by atomic mass is 10.1. The number of benzene rings is 1. The van der Waals surface area contributed by atoms with Gasteiger partial charge in [-0.3, -0.25) is 0 Å². The molecule has 0 radical (unpaired) electrons. The predicted octanol–water partition coefficient (Wildman–Crippen LogP) is 2.31. The molecule has 2 rings (SSSR count). The zero-order valence-electron chi connectivity index (χ0n) is 10.8. The summed E-state index contributed by atoms with van der Waals surface area (Å²) in [6.07, 6.45) is 0.916. The van der Waals surface area contributed by atoms with Gasteiger partial charge in [-0.15, -0.1) is 11.3 Å². The van der Waals surface area contributed by atoms with E-state index in [0.29, 0.717) is 12.1 Å². The molecule has 106 valence electrons. The van der Waals surface area contributed by atoms with Crippen LogP contribution in [0.15, 0.2) is 40.9 Å². The van der Waals surface area contributed by atoms with Gasteiger partial charge in [-0.2, -0.15) is 0 Å². The molecular weight excluding hydrogens is 277 g/mol. The van der Waals surface area contributed by atoms with Gasteiger partial charge in [0, 0.05) is 23.5 Å². The SMILES string of the molecule is N/C(=N/O)c1cccc(CNCCc2cccs2)c1F. The molecule has 0 amide bonds. The highest BCUT2D eigenvalue weighted by Gasteiger charge is 2.10. The maximum Gasteiger partial charge on any atom is 0.173 e. The highest BCUT2D eigenvalue weighted by atomic mass is 32.1. The molecule has 0 fully saturated rings. The van der Waals surface area contributed by atoms with Gasteiger partial charge in [0.1, 0.15) is 5.82 Å². The normalized spacial score (nSPS) is 11.8. The summed E-state index contributed by atoms with van der Waals surface area (Å²) in [5, 5.41) is 16.7. The molecule has 1 aromatic heterocycles. The molecular formula is C14H16FN3OS. The quantitative estimate of drug-likeness (QED) is 0.252. The lowest BCUT2D eigenvalue weighted by Gasteiger charge is -2.08. The first kappa shape index (κ1) is 14.5. The van der Waals surface area contributed by atoms with Crippen LogP contribution in [0.1, 0.15) is 16.0 Å². The topological polar surface area (TPSA) is 70.6 Å². The number of hydrogen-bond donors (Lipinski definition) is 3. The van der Waals surface area contributed by atoms with Crippen molar-refractivity contribution in [3.8, 4) is 0 Å². The van der Waals surface area contributed by atoms with Crippen LogP contribution < -0.4 is 11.1 Å². The van der Waals surface area contributed by atoms with E-state index in [9.17, 15) is 4.39 Å². The van der Waals surface area contributed by atoms with Crippen molar-refractivity contribution in [1.29, 1.82) is 0 Å². The Labute approximate surface area is 120 Å². The standard InChI is InChI=1S/C14H16FN3OS/c15-13-10(3-1-5-12(13)14(16)18-19)9-17-7-6-11-4-2-8-20-11/h1-5,8,17,19H,6-7,9H2,(H2,16,18). The van der Waals surface area contributed by atoms with Crippen LogP contribution in [-0.2, 0) is 13.0 Å². The monoisotopic (exact) mass is 293 g/mol. The first-order chi connectivity index (χ1) is 9.72. The van der Waals surface area contributed by atoms with Crippen molar-refractivity contribution < 1.29 is 9.60 Å². The number of nitrogens with zero attached hydrogens (tertiary/aromatic N) is 1. The van der Waals surface area contributed by atoms with Crippen LogP contribution in [0.4, 0.5) is 4.39 Å². The molecule has 0 aliphatic rings. The van der Waals surface area contributed by atoms with Gasteiger partial charge in [0.05, 0.1) is 5.56 Å². The maximum absolute atomic E-state index is 14.1. The van der Waals surface area contributed by atoms with Crippen molar-refractivity contribution in [2.24, 2.45) is 10.9 Å². The Morgan fingerprint density at radius 3 is 2.90 bits per heavy atom. The smallest absolute Gasteiger partial charge is 0.173 e. The molecule has 20 heavy (non-hydrogen) atoms. The number of nitrogens with two attached hydrogens (primary N) is 1. The zero-order valence-corrected chi connectivity index (χ0v) is 11.7. The average molecular weight is 293 g/mol. The molecule has 0 spiro atoms. The van der Waals surface area contributed by atoms with Gasteiger partial charge in [0.25, 0.3) is 0 Å². The van der Waals surface area contributed by atoms with Gasteiger partial charge in [0.15, 0.2) is 5.84 Å². The third-order valence-corrected chi connectivity index (χ3v) is 3.84. The van der Waals surface area contributed by atoms with E-state index in [1.807, 2.05) is 11.4 Å². The lowest BCUT2D eigenvalue weighted by molar-refractivity contribution is 0.318. The maximum atomic E-state index is 14.1. The average Bonchev–Trinajstić information content (AvgIpc) is 2.97. The van der Waals surface area contributed by atoms with Crippen LogP contribution in [0.3, 0.4) is 0 Å². The number of nitrogens with one attached hydrogen (secondary N) is 1. The molecule has 6 heteroatoms. The van der Waals surface area contributed by atoms with E-state index in [1.54, 1.807) is 23.5 Å². The van der Waals surface area contributed by atoms with Gasteiger partial charge in [-0.25, -0.2) is 4.39 Å². The molecule has 0 aliphatic carbocycles. The van der Waals surface area contributed by atoms with E-state index in [0.717, 1.165) is 13.0 Å². The lowest BCUT2D eigenvalue weighted by Crippen LogP contribution is -2.20. The van der Waals surface area contributed by atoms with Crippen molar-refractivity contribution in [3.63, 3.8) is 0 Å². The summed E-state index contributed by atoms with van der Waals surface area (Å²) < 4.78 is 14.1. The zero-order chi connectivity index (χ0) is 14.4. The molecule has 2 aromatic rings. The Morgan fingerprint density at radius 1 is 1.35 bits per heavy atom. The second kappa shape index (κ2) is 7.02. The number of halogens is 1. The van der Waals surface area contributed by atoms with Crippen molar-refractivity contribution in [2.75, 3.05) is 6.54 Å². The number of amidine groups is 1. The van der Waals surface area contributed by atoms with E-state index in [-0.39, 0.29) is 11.4 Å². The minimum atomic E-state index is -0.452. The van der Waals surface area contributed by atoms with Crippen LogP contribution in [0.5, 0.6) is 0 Å². The molecule has 1 aromatic carbocycles. The first-order valence-corrected chi connectivity index (χ1v) is 7.08. The Bertz CT molecular complexity index is 584. The van der Waals surface area contributed by atoms with Crippen LogP contribution in [0, 0.1) is 5.82 Å².